The van der Waals surface area contributed by atoms with Crippen molar-refractivity contribution < 1.29 is 4.79 Å². The van der Waals surface area contributed by atoms with Crippen LogP contribution >= 0.6 is 24.0 Å². The van der Waals surface area contributed by atoms with Gasteiger partial charge in [0, 0.05) is 57.9 Å². The third-order valence-electron chi connectivity index (χ3n) is 4.65. The molecule has 2 rings (SSSR count). The summed E-state index contributed by atoms with van der Waals surface area (Å²) in [5, 5.41) is 6.79. The Morgan fingerprint density at radius 1 is 1.30 bits per heavy atom. The zero-order valence-corrected chi connectivity index (χ0v) is 19.1. The molecule has 0 bridgehead atoms. The van der Waals surface area contributed by atoms with Crippen molar-refractivity contribution in [3.05, 3.63) is 30.3 Å². The first-order chi connectivity index (χ1) is 12.6. The van der Waals surface area contributed by atoms with Crippen molar-refractivity contribution in [3.8, 4) is 0 Å². The number of benzene rings is 1. The van der Waals surface area contributed by atoms with E-state index >= 15 is 0 Å². The summed E-state index contributed by atoms with van der Waals surface area (Å²) in [7, 11) is 2.11. The van der Waals surface area contributed by atoms with Crippen molar-refractivity contribution in [2.45, 2.75) is 39.2 Å². The third-order valence-corrected chi connectivity index (χ3v) is 4.65. The van der Waals surface area contributed by atoms with Crippen molar-refractivity contribution in [3.63, 3.8) is 0 Å². The molecule has 1 heterocycles. The van der Waals surface area contributed by atoms with E-state index in [1.807, 2.05) is 17.9 Å². The first-order valence-corrected chi connectivity index (χ1v) is 9.72. The second kappa shape index (κ2) is 12.8. The molecule has 7 heteroatoms. The van der Waals surface area contributed by atoms with Crippen molar-refractivity contribution in [2.75, 3.05) is 44.7 Å². The number of likely N-dealkylation sites (tertiary alicyclic amines) is 1. The van der Waals surface area contributed by atoms with Gasteiger partial charge in [-0.3, -0.25) is 9.79 Å². The monoisotopic (exact) mass is 487 g/mol. The Balaban J connectivity index is 0.00000364. The minimum atomic E-state index is 0. The van der Waals surface area contributed by atoms with Crippen LogP contribution in [0, 0.1) is 0 Å². The molecule has 1 aromatic rings. The summed E-state index contributed by atoms with van der Waals surface area (Å²) in [6.45, 7) is 8.18. The SMILES string of the molecule is CCNC(=NCCCN(C)c1ccccc1)NC1CCN(C(=O)CC)C1.I. The summed E-state index contributed by atoms with van der Waals surface area (Å²) in [5.41, 5.74) is 1.23. The molecule has 1 saturated heterocycles. The smallest absolute Gasteiger partial charge is 0.222 e. The Bertz CT molecular complexity index is 581. The van der Waals surface area contributed by atoms with E-state index in [1.54, 1.807) is 0 Å². The predicted octanol–water partition coefficient (Wildman–Crippen LogP) is 2.70. The van der Waals surface area contributed by atoms with Crippen molar-refractivity contribution in [1.29, 1.82) is 0 Å². The lowest BCUT2D eigenvalue weighted by atomic mass is 10.3. The van der Waals surface area contributed by atoms with Crippen molar-refractivity contribution in [2.24, 2.45) is 4.99 Å². The van der Waals surface area contributed by atoms with Crippen LogP contribution in [0.15, 0.2) is 35.3 Å². The second-order valence-electron chi connectivity index (χ2n) is 6.69. The molecule has 27 heavy (non-hydrogen) atoms. The number of hydrogen-bond acceptors (Lipinski definition) is 3. The van der Waals surface area contributed by atoms with Crippen molar-refractivity contribution in [1.82, 2.24) is 15.5 Å². The van der Waals surface area contributed by atoms with Crippen LogP contribution in [0.5, 0.6) is 0 Å². The van der Waals surface area contributed by atoms with Gasteiger partial charge in [0.15, 0.2) is 5.96 Å². The largest absolute Gasteiger partial charge is 0.375 e. The third kappa shape index (κ3) is 7.94. The van der Waals surface area contributed by atoms with Crippen LogP contribution in [0.4, 0.5) is 5.69 Å². The topological polar surface area (TPSA) is 60.0 Å². The van der Waals surface area contributed by atoms with Crippen LogP contribution in [-0.4, -0.2) is 62.6 Å². The maximum Gasteiger partial charge on any atom is 0.222 e. The van der Waals surface area contributed by atoms with E-state index in [0.29, 0.717) is 6.42 Å². The number of halogens is 1. The lowest BCUT2D eigenvalue weighted by Gasteiger charge is -2.20. The number of guanidine groups is 1. The number of para-hydroxylation sites is 1. The number of amides is 1. The highest BCUT2D eigenvalue weighted by molar-refractivity contribution is 14.0. The zero-order chi connectivity index (χ0) is 18.8. The molecule has 0 aliphatic carbocycles. The molecule has 0 aromatic heterocycles. The first kappa shape index (κ1) is 23.5. The Labute approximate surface area is 180 Å². The molecule has 0 saturated carbocycles. The predicted molar refractivity (Wildman–Crippen MR) is 124 cm³/mol. The number of rotatable bonds is 8. The molecule has 6 nitrogen and oxygen atoms in total. The summed E-state index contributed by atoms with van der Waals surface area (Å²) >= 11 is 0. The summed E-state index contributed by atoms with van der Waals surface area (Å²) < 4.78 is 0. The highest BCUT2D eigenvalue weighted by Gasteiger charge is 2.25. The molecule has 152 valence electrons. The number of nitrogens with zero attached hydrogens (tertiary/aromatic N) is 3. The summed E-state index contributed by atoms with van der Waals surface area (Å²) in [6.07, 6.45) is 2.55. The van der Waals surface area contributed by atoms with E-state index in [-0.39, 0.29) is 35.9 Å². The van der Waals surface area contributed by atoms with Gasteiger partial charge in [0.1, 0.15) is 0 Å². The number of carbonyl (C=O) groups is 1. The Morgan fingerprint density at radius 2 is 2.04 bits per heavy atom. The van der Waals surface area contributed by atoms with Gasteiger partial charge in [0.05, 0.1) is 0 Å². The fourth-order valence-electron chi connectivity index (χ4n) is 3.15. The lowest BCUT2D eigenvalue weighted by Crippen LogP contribution is -2.45. The van der Waals surface area contributed by atoms with Gasteiger partial charge < -0.3 is 20.4 Å². The van der Waals surface area contributed by atoms with Crippen LogP contribution in [0.1, 0.15) is 33.1 Å². The van der Waals surface area contributed by atoms with E-state index in [2.05, 4.69) is 53.8 Å². The number of nitrogens with one attached hydrogen (secondary N) is 2. The van der Waals surface area contributed by atoms with E-state index < -0.39 is 0 Å². The molecule has 0 spiro atoms. The second-order valence-corrected chi connectivity index (χ2v) is 6.69. The molecule has 2 N–H and O–H groups in total. The maximum absolute atomic E-state index is 11.8. The molecule has 1 atom stereocenters. The van der Waals surface area contributed by atoms with Gasteiger partial charge >= 0.3 is 0 Å². The van der Waals surface area contributed by atoms with E-state index in [0.717, 1.165) is 51.5 Å². The molecule has 1 aliphatic rings. The highest BCUT2D eigenvalue weighted by atomic mass is 127. The van der Waals surface area contributed by atoms with Crippen LogP contribution < -0.4 is 15.5 Å². The standard InChI is InChI=1S/C20H33N5O.HI/c1-4-19(26)25-15-12-17(16-25)23-20(21-5-2)22-13-9-14-24(3)18-10-7-6-8-11-18;/h6-8,10-11,17H,4-5,9,12-16H2,1-3H3,(H2,21,22,23);1H. The van der Waals surface area contributed by atoms with Crippen LogP contribution in [0.2, 0.25) is 0 Å². The van der Waals surface area contributed by atoms with Gasteiger partial charge in [-0.15, -0.1) is 24.0 Å². The number of carbonyl (C=O) groups excluding carboxylic acids is 1. The molecular weight excluding hydrogens is 453 g/mol. The zero-order valence-electron chi connectivity index (χ0n) is 16.8. The fraction of sp³-hybridized carbons (Fsp3) is 0.600. The summed E-state index contributed by atoms with van der Waals surface area (Å²) in [6, 6.07) is 10.7. The molecule has 1 fully saturated rings. The molecule has 1 aromatic carbocycles. The average molecular weight is 487 g/mol. The molecule has 1 aliphatic heterocycles. The first-order valence-electron chi connectivity index (χ1n) is 9.72. The van der Waals surface area contributed by atoms with E-state index in [9.17, 15) is 4.79 Å². The molecule has 1 amide bonds. The number of hydrogen-bond donors (Lipinski definition) is 2. The summed E-state index contributed by atoms with van der Waals surface area (Å²) in [4.78, 5) is 20.7. The Kier molecular flexibility index (Phi) is 11.2. The maximum atomic E-state index is 11.8. The highest BCUT2D eigenvalue weighted by Crippen LogP contribution is 2.11. The lowest BCUT2D eigenvalue weighted by molar-refractivity contribution is -0.129. The van der Waals surface area contributed by atoms with Gasteiger partial charge in [0.2, 0.25) is 5.91 Å². The normalized spacial score (nSPS) is 16.6. The molecule has 1 unspecified atom stereocenters. The van der Waals surface area contributed by atoms with Crippen LogP contribution in [0.25, 0.3) is 0 Å². The summed E-state index contributed by atoms with van der Waals surface area (Å²) in [5.74, 6) is 1.09. The Morgan fingerprint density at radius 3 is 2.70 bits per heavy atom. The molecule has 0 radical (unpaired) electrons. The average Bonchev–Trinajstić information content (AvgIpc) is 3.13. The molecular formula is C20H34IN5O. The fourth-order valence-corrected chi connectivity index (χ4v) is 3.15. The number of aliphatic imine (C=N–C) groups is 1. The van der Waals surface area contributed by atoms with Crippen molar-refractivity contribution >= 4 is 41.5 Å². The van der Waals surface area contributed by atoms with Gasteiger partial charge in [-0.25, -0.2) is 0 Å². The van der Waals surface area contributed by atoms with Crippen LogP contribution in [0.3, 0.4) is 0 Å². The quantitative estimate of drug-likeness (QED) is 0.256. The minimum Gasteiger partial charge on any atom is -0.375 e. The minimum absolute atomic E-state index is 0. The van der Waals surface area contributed by atoms with Gasteiger partial charge in [-0.05, 0) is 31.9 Å². The van der Waals surface area contributed by atoms with Gasteiger partial charge in [-0.1, -0.05) is 25.1 Å². The Hall–Kier alpha value is -1.51. The van der Waals surface area contributed by atoms with Gasteiger partial charge in [-0.2, -0.15) is 0 Å². The van der Waals surface area contributed by atoms with Crippen LogP contribution in [-0.2, 0) is 4.79 Å². The van der Waals surface area contributed by atoms with E-state index in [1.165, 1.54) is 5.69 Å². The van der Waals surface area contributed by atoms with Gasteiger partial charge in [0.25, 0.3) is 0 Å². The van der Waals surface area contributed by atoms with E-state index in [4.69, 9.17) is 4.99 Å². The number of anilines is 1.